The smallest absolute Gasteiger partial charge is 0.325 e. The summed E-state index contributed by atoms with van der Waals surface area (Å²) in [5.41, 5.74) is 4.91. The summed E-state index contributed by atoms with van der Waals surface area (Å²) in [6.07, 6.45) is 0.517. The molecule has 16 heavy (non-hydrogen) atoms. The average molecular weight is 231 g/mol. The van der Waals surface area contributed by atoms with Crippen LogP contribution in [0.15, 0.2) is 0 Å². The van der Waals surface area contributed by atoms with Crippen molar-refractivity contribution >= 4 is 5.97 Å². The molecule has 2 N–H and O–H groups in total. The van der Waals surface area contributed by atoms with Crippen molar-refractivity contribution in [1.82, 2.24) is 0 Å². The largest absolute Gasteiger partial charge is 0.465 e. The number of nitrogens with two attached hydrogens (primary N) is 1. The second-order valence-electron chi connectivity index (χ2n) is 4.45. The Morgan fingerprint density at radius 1 is 1.62 bits per heavy atom. The van der Waals surface area contributed by atoms with E-state index in [0.29, 0.717) is 26.2 Å². The van der Waals surface area contributed by atoms with E-state index in [4.69, 9.17) is 19.9 Å². The van der Waals surface area contributed by atoms with Gasteiger partial charge in [0.25, 0.3) is 0 Å². The zero-order valence-corrected chi connectivity index (χ0v) is 10.2. The summed E-state index contributed by atoms with van der Waals surface area (Å²) >= 11 is 0. The Hall–Kier alpha value is -0.650. The molecule has 2 unspecified atom stereocenters. The molecule has 0 aromatic rings. The predicted molar refractivity (Wildman–Crippen MR) is 59.0 cm³/mol. The zero-order valence-electron chi connectivity index (χ0n) is 10.2. The number of carbonyl (C=O) groups excluding carboxylic acids is 1. The first-order valence-electron chi connectivity index (χ1n) is 5.65. The van der Waals surface area contributed by atoms with E-state index in [1.165, 1.54) is 0 Å². The summed E-state index contributed by atoms with van der Waals surface area (Å²) in [7, 11) is 0. The number of hydrogen-bond acceptors (Lipinski definition) is 5. The normalized spacial score (nSPS) is 22.0. The molecule has 0 aliphatic carbocycles. The molecule has 0 bridgehead atoms. The van der Waals surface area contributed by atoms with Crippen molar-refractivity contribution in [1.29, 1.82) is 0 Å². The van der Waals surface area contributed by atoms with E-state index in [1.54, 1.807) is 13.8 Å². The van der Waals surface area contributed by atoms with Gasteiger partial charge in [-0.2, -0.15) is 0 Å². The van der Waals surface area contributed by atoms with Crippen molar-refractivity contribution in [3.05, 3.63) is 0 Å². The van der Waals surface area contributed by atoms with Crippen LogP contribution in [0.25, 0.3) is 0 Å². The minimum Gasteiger partial charge on any atom is -0.465 e. The number of carbonyl (C=O) groups is 1. The summed E-state index contributed by atoms with van der Waals surface area (Å²) in [4.78, 5) is 11.5. The highest BCUT2D eigenvalue weighted by Crippen LogP contribution is 2.17. The van der Waals surface area contributed by atoms with Crippen molar-refractivity contribution < 1.29 is 19.0 Å². The molecular weight excluding hydrogens is 210 g/mol. The van der Waals surface area contributed by atoms with Gasteiger partial charge in [0, 0.05) is 6.42 Å². The standard InChI is InChI=1S/C11H21NO4/c1-4-15-10(13)11(3,12)5-8(2)16-9-6-14-7-9/h8-9H,4-7,12H2,1-3H3. The van der Waals surface area contributed by atoms with Gasteiger partial charge < -0.3 is 19.9 Å². The van der Waals surface area contributed by atoms with E-state index < -0.39 is 5.54 Å². The van der Waals surface area contributed by atoms with E-state index in [2.05, 4.69) is 0 Å². The molecule has 0 aromatic carbocycles. The molecule has 0 aromatic heterocycles. The summed E-state index contributed by atoms with van der Waals surface area (Å²) in [5.74, 6) is -0.379. The Balaban J connectivity index is 2.34. The van der Waals surface area contributed by atoms with Gasteiger partial charge in [-0.3, -0.25) is 4.79 Å². The molecule has 1 heterocycles. The van der Waals surface area contributed by atoms with Crippen molar-refractivity contribution in [3.8, 4) is 0 Å². The highest BCUT2D eigenvalue weighted by molar-refractivity contribution is 5.80. The lowest BCUT2D eigenvalue weighted by Gasteiger charge is -2.32. The Morgan fingerprint density at radius 3 is 2.69 bits per heavy atom. The topological polar surface area (TPSA) is 70.8 Å². The second kappa shape index (κ2) is 5.61. The molecule has 0 amide bonds. The quantitative estimate of drug-likeness (QED) is 0.672. The van der Waals surface area contributed by atoms with Crippen LogP contribution in [0.1, 0.15) is 27.2 Å². The van der Waals surface area contributed by atoms with Crippen LogP contribution in [0.5, 0.6) is 0 Å². The molecule has 5 nitrogen and oxygen atoms in total. The second-order valence-corrected chi connectivity index (χ2v) is 4.45. The fraction of sp³-hybridized carbons (Fsp3) is 0.909. The minimum atomic E-state index is -0.986. The number of ether oxygens (including phenoxy) is 3. The lowest BCUT2D eigenvalue weighted by molar-refractivity contribution is -0.162. The Labute approximate surface area is 96.2 Å². The highest BCUT2D eigenvalue weighted by atomic mass is 16.6. The van der Waals surface area contributed by atoms with Crippen LogP contribution < -0.4 is 5.73 Å². The van der Waals surface area contributed by atoms with Gasteiger partial charge in [0.15, 0.2) is 0 Å². The van der Waals surface area contributed by atoms with Crippen molar-refractivity contribution in [2.45, 2.75) is 44.9 Å². The third-order valence-electron chi connectivity index (χ3n) is 2.49. The van der Waals surface area contributed by atoms with Gasteiger partial charge in [-0.15, -0.1) is 0 Å². The van der Waals surface area contributed by atoms with E-state index in [1.807, 2.05) is 6.92 Å². The lowest BCUT2D eigenvalue weighted by atomic mass is 9.96. The fourth-order valence-corrected chi connectivity index (χ4v) is 1.65. The molecule has 2 atom stereocenters. The first-order chi connectivity index (χ1) is 7.45. The molecule has 5 heteroatoms. The van der Waals surface area contributed by atoms with Crippen molar-refractivity contribution in [2.24, 2.45) is 5.73 Å². The summed E-state index contributed by atoms with van der Waals surface area (Å²) in [6, 6.07) is 0. The first kappa shape index (κ1) is 13.4. The minimum absolute atomic E-state index is 0.0756. The maximum absolute atomic E-state index is 11.5. The van der Waals surface area contributed by atoms with Gasteiger partial charge in [-0.1, -0.05) is 0 Å². The van der Waals surface area contributed by atoms with Gasteiger partial charge in [0.05, 0.1) is 25.9 Å². The van der Waals surface area contributed by atoms with Crippen LogP contribution in [0.4, 0.5) is 0 Å². The van der Waals surface area contributed by atoms with E-state index in [0.717, 1.165) is 0 Å². The molecular formula is C11H21NO4. The van der Waals surface area contributed by atoms with Gasteiger partial charge in [0.2, 0.25) is 0 Å². The summed E-state index contributed by atoms with van der Waals surface area (Å²) in [6.45, 7) is 6.94. The maximum Gasteiger partial charge on any atom is 0.325 e. The molecule has 1 rings (SSSR count). The van der Waals surface area contributed by atoms with Crippen LogP contribution in [-0.4, -0.2) is 43.5 Å². The molecule has 1 saturated heterocycles. The van der Waals surface area contributed by atoms with E-state index >= 15 is 0 Å². The van der Waals surface area contributed by atoms with Gasteiger partial charge in [0.1, 0.15) is 11.6 Å². The Bertz CT molecular complexity index is 238. The van der Waals surface area contributed by atoms with Gasteiger partial charge in [-0.05, 0) is 20.8 Å². The third kappa shape index (κ3) is 3.73. The van der Waals surface area contributed by atoms with Crippen LogP contribution in [0.3, 0.4) is 0 Å². The monoisotopic (exact) mass is 231 g/mol. The molecule has 0 saturated carbocycles. The van der Waals surface area contributed by atoms with E-state index in [9.17, 15) is 4.79 Å². The number of rotatable bonds is 6. The molecule has 1 aliphatic rings. The van der Waals surface area contributed by atoms with Crippen molar-refractivity contribution in [2.75, 3.05) is 19.8 Å². The maximum atomic E-state index is 11.5. The predicted octanol–water partition coefficient (Wildman–Crippen LogP) is 0.461. The van der Waals surface area contributed by atoms with Crippen LogP contribution in [0.2, 0.25) is 0 Å². The van der Waals surface area contributed by atoms with E-state index in [-0.39, 0.29) is 18.2 Å². The average Bonchev–Trinajstić information content (AvgIpc) is 2.11. The van der Waals surface area contributed by atoms with Gasteiger partial charge >= 0.3 is 5.97 Å². The van der Waals surface area contributed by atoms with Crippen LogP contribution in [-0.2, 0) is 19.0 Å². The lowest BCUT2D eigenvalue weighted by Crippen LogP contribution is -2.49. The molecule has 0 radical (unpaired) electrons. The molecule has 1 aliphatic heterocycles. The SMILES string of the molecule is CCOC(=O)C(C)(N)CC(C)OC1COC1. The number of esters is 1. The zero-order chi connectivity index (χ0) is 12.2. The molecule has 0 spiro atoms. The fourth-order valence-electron chi connectivity index (χ4n) is 1.65. The number of hydrogen-bond donors (Lipinski definition) is 1. The summed E-state index contributed by atoms with van der Waals surface area (Å²) < 4.78 is 15.6. The summed E-state index contributed by atoms with van der Waals surface area (Å²) in [5, 5.41) is 0. The van der Waals surface area contributed by atoms with Crippen LogP contribution >= 0.6 is 0 Å². The highest BCUT2D eigenvalue weighted by Gasteiger charge is 2.33. The van der Waals surface area contributed by atoms with Crippen LogP contribution in [0, 0.1) is 0 Å². The Kier molecular flexibility index (Phi) is 4.70. The third-order valence-corrected chi connectivity index (χ3v) is 2.49. The first-order valence-corrected chi connectivity index (χ1v) is 5.65. The van der Waals surface area contributed by atoms with Gasteiger partial charge in [-0.25, -0.2) is 0 Å². The molecule has 94 valence electrons. The van der Waals surface area contributed by atoms with Crippen molar-refractivity contribution in [3.63, 3.8) is 0 Å². The molecule has 1 fully saturated rings. The Morgan fingerprint density at radius 2 is 2.25 bits per heavy atom.